The molecule has 0 radical (unpaired) electrons. The number of sulfone groups is 1. The molecule has 1 heterocycles. The van der Waals surface area contributed by atoms with Crippen molar-refractivity contribution in [3.8, 4) is 0 Å². The van der Waals surface area contributed by atoms with E-state index in [1.165, 1.54) is 6.08 Å². The van der Waals surface area contributed by atoms with Crippen LogP contribution in [0.4, 0.5) is 14.5 Å². The molecule has 2 aromatic carbocycles. The summed E-state index contributed by atoms with van der Waals surface area (Å²) < 4.78 is 52.3. The van der Waals surface area contributed by atoms with E-state index >= 15 is 0 Å². The summed E-state index contributed by atoms with van der Waals surface area (Å²) in [7, 11) is -3.46. The zero-order chi connectivity index (χ0) is 18.2. The zero-order valence-corrected chi connectivity index (χ0v) is 15.1. The van der Waals surface area contributed by atoms with Gasteiger partial charge in [-0.05, 0) is 42.5 Å². The van der Waals surface area contributed by atoms with Crippen molar-refractivity contribution < 1.29 is 22.0 Å². The van der Waals surface area contributed by atoms with Crippen molar-refractivity contribution in [1.29, 1.82) is 0 Å². The van der Waals surface area contributed by atoms with Crippen molar-refractivity contribution in [2.24, 2.45) is 0 Å². The highest BCUT2D eigenvalue weighted by Gasteiger charge is 2.34. The van der Waals surface area contributed by atoms with E-state index in [-0.39, 0.29) is 5.75 Å². The molecular weight excluding hydrogens is 416 g/mol. The number of carbonyl (C=O) groups excluding carboxylic acids is 1. The Morgan fingerprint density at radius 2 is 1.68 bits per heavy atom. The van der Waals surface area contributed by atoms with Gasteiger partial charge in [-0.25, -0.2) is 17.2 Å². The predicted molar refractivity (Wildman–Crippen MR) is 94.0 cm³/mol. The maximum atomic E-state index is 14.0. The van der Waals surface area contributed by atoms with Gasteiger partial charge in [-0.2, -0.15) is 0 Å². The smallest absolute Gasteiger partial charge is 0.264 e. The molecule has 0 spiro atoms. The van der Waals surface area contributed by atoms with Crippen LogP contribution >= 0.6 is 15.9 Å². The van der Waals surface area contributed by atoms with Gasteiger partial charge in [-0.15, -0.1) is 0 Å². The van der Waals surface area contributed by atoms with E-state index in [2.05, 4.69) is 15.9 Å². The average Bonchev–Trinajstić information content (AvgIpc) is 2.89. The fourth-order valence-electron chi connectivity index (χ4n) is 2.60. The fourth-order valence-corrected chi connectivity index (χ4v) is 4.14. The molecule has 4 nitrogen and oxygen atoms in total. The molecule has 1 aliphatic rings. The second-order valence-corrected chi connectivity index (χ2v) is 8.32. The number of halogens is 3. The van der Waals surface area contributed by atoms with E-state index in [4.69, 9.17) is 0 Å². The molecular formula is C17H12BrF2NO3S. The molecule has 130 valence electrons. The second-order valence-electron chi connectivity index (χ2n) is 5.47. The Morgan fingerprint density at radius 3 is 2.20 bits per heavy atom. The minimum Gasteiger partial charge on any atom is -0.300 e. The molecule has 0 fully saturated rings. The Balaban J connectivity index is 2.10. The molecule has 3 rings (SSSR count). The van der Waals surface area contributed by atoms with Gasteiger partial charge >= 0.3 is 0 Å². The monoisotopic (exact) mass is 427 g/mol. The van der Waals surface area contributed by atoms with E-state index < -0.39 is 39.0 Å². The van der Waals surface area contributed by atoms with Crippen molar-refractivity contribution >= 4 is 37.4 Å². The van der Waals surface area contributed by atoms with Gasteiger partial charge < -0.3 is 4.90 Å². The minimum absolute atomic E-state index is 0.336. The number of nitrogens with zero attached hydrogens (tertiary/aromatic N) is 1. The SMILES string of the molecule is O=C(c1c(F)cccc1F)N(c1ccc(Br)cc1)[C@H]1C=CS(=O)(=O)C1. The van der Waals surface area contributed by atoms with Crippen LogP contribution in [0.25, 0.3) is 0 Å². The minimum atomic E-state index is -3.46. The van der Waals surface area contributed by atoms with E-state index in [0.29, 0.717) is 5.69 Å². The van der Waals surface area contributed by atoms with Crippen LogP contribution in [-0.4, -0.2) is 26.1 Å². The van der Waals surface area contributed by atoms with E-state index in [1.807, 2.05) is 0 Å². The predicted octanol–water partition coefficient (Wildman–Crippen LogP) is 3.68. The average molecular weight is 428 g/mol. The van der Waals surface area contributed by atoms with E-state index in [9.17, 15) is 22.0 Å². The first-order chi connectivity index (χ1) is 11.8. The Bertz CT molecular complexity index is 938. The first-order valence-corrected chi connectivity index (χ1v) is 9.73. The number of amides is 1. The Morgan fingerprint density at radius 1 is 1.08 bits per heavy atom. The van der Waals surface area contributed by atoms with Gasteiger partial charge in [0.15, 0.2) is 9.84 Å². The quantitative estimate of drug-likeness (QED) is 0.750. The van der Waals surface area contributed by atoms with Crippen molar-refractivity contribution in [3.05, 3.63) is 75.6 Å². The lowest BCUT2D eigenvalue weighted by Gasteiger charge is -2.28. The Kier molecular flexibility index (Phi) is 4.75. The molecule has 1 amide bonds. The number of benzene rings is 2. The number of carbonyl (C=O) groups is 1. The number of hydrogen-bond donors (Lipinski definition) is 0. The Labute approximate surface area is 151 Å². The summed E-state index contributed by atoms with van der Waals surface area (Å²) in [4.78, 5) is 14.0. The summed E-state index contributed by atoms with van der Waals surface area (Å²) >= 11 is 3.27. The number of rotatable bonds is 3. The van der Waals surface area contributed by atoms with Crippen molar-refractivity contribution in [2.75, 3.05) is 10.7 Å². The van der Waals surface area contributed by atoms with E-state index in [1.54, 1.807) is 24.3 Å². The summed E-state index contributed by atoms with van der Waals surface area (Å²) in [6.45, 7) is 0. The highest BCUT2D eigenvalue weighted by atomic mass is 79.9. The highest BCUT2D eigenvalue weighted by molar-refractivity contribution is 9.10. The maximum Gasteiger partial charge on any atom is 0.264 e. The van der Waals surface area contributed by atoms with Crippen LogP contribution in [-0.2, 0) is 9.84 Å². The summed E-state index contributed by atoms with van der Waals surface area (Å²) in [5.74, 6) is -3.29. The molecule has 0 bridgehead atoms. The molecule has 0 unspecified atom stereocenters. The van der Waals surface area contributed by atoms with Gasteiger partial charge in [0.1, 0.15) is 17.2 Å². The molecule has 0 saturated heterocycles. The van der Waals surface area contributed by atoms with Crippen LogP contribution in [0.2, 0.25) is 0 Å². The molecule has 1 atom stereocenters. The largest absolute Gasteiger partial charge is 0.300 e. The van der Waals surface area contributed by atoms with Crippen LogP contribution in [0.3, 0.4) is 0 Å². The first-order valence-electron chi connectivity index (χ1n) is 7.22. The third-order valence-electron chi connectivity index (χ3n) is 3.74. The zero-order valence-electron chi connectivity index (χ0n) is 12.7. The van der Waals surface area contributed by atoms with Gasteiger partial charge in [0.05, 0.1) is 11.8 Å². The van der Waals surface area contributed by atoms with Crippen molar-refractivity contribution in [1.82, 2.24) is 0 Å². The first kappa shape index (κ1) is 17.8. The lowest BCUT2D eigenvalue weighted by molar-refractivity contribution is 0.0975. The third-order valence-corrected chi connectivity index (χ3v) is 5.65. The van der Waals surface area contributed by atoms with Crippen LogP contribution in [0.5, 0.6) is 0 Å². The molecule has 0 N–H and O–H groups in total. The summed E-state index contributed by atoms with van der Waals surface area (Å²) in [6, 6.07) is 8.72. The maximum absolute atomic E-state index is 14.0. The van der Waals surface area contributed by atoms with Crippen molar-refractivity contribution in [2.45, 2.75) is 6.04 Å². The van der Waals surface area contributed by atoms with Gasteiger partial charge in [0.2, 0.25) is 0 Å². The lowest BCUT2D eigenvalue weighted by Crippen LogP contribution is -2.42. The molecule has 1 aliphatic heterocycles. The lowest BCUT2D eigenvalue weighted by atomic mass is 10.1. The van der Waals surface area contributed by atoms with Crippen LogP contribution in [0.15, 0.2) is 58.4 Å². The summed E-state index contributed by atoms with van der Waals surface area (Å²) in [6.07, 6.45) is 1.34. The third kappa shape index (κ3) is 3.64. The van der Waals surface area contributed by atoms with Gasteiger partial charge in [-0.1, -0.05) is 22.0 Å². The molecule has 0 saturated carbocycles. The van der Waals surface area contributed by atoms with Crippen molar-refractivity contribution in [3.63, 3.8) is 0 Å². The Hall–Kier alpha value is -2.06. The molecule has 0 aliphatic carbocycles. The summed E-state index contributed by atoms with van der Waals surface area (Å²) in [5.41, 5.74) is -0.384. The molecule has 2 aromatic rings. The molecule has 0 aromatic heterocycles. The van der Waals surface area contributed by atoms with Gasteiger partial charge in [0.25, 0.3) is 5.91 Å². The standard InChI is InChI=1S/C17H12BrF2NO3S/c18-11-4-6-12(7-5-11)21(13-8-9-25(23,24)10-13)17(22)16-14(19)2-1-3-15(16)20/h1-9,13H,10H2/t13-/m0/s1. The fraction of sp³-hybridized carbons (Fsp3) is 0.118. The number of hydrogen-bond acceptors (Lipinski definition) is 3. The topological polar surface area (TPSA) is 54.5 Å². The summed E-state index contributed by atoms with van der Waals surface area (Å²) in [5, 5.41) is 1.01. The normalized spacial score (nSPS) is 18.3. The van der Waals surface area contributed by atoms with E-state index in [0.717, 1.165) is 33.0 Å². The van der Waals surface area contributed by atoms with Crippen LogP contribution < -0.4 is 4.90 Å². The molecule has 25 heavy (non-hydrogen) atoms. The molecule has 8 heteroatoms. The highest BCUT2D eigenvalue weighted by Crippen LogP contribution is 2.27. The number of anilines is 1. The van der Waals surface area contributed by atoms with Gasteiger partial charge in [-0.3, -0.25) is 4.79 Å². The second kappa shape index (κ2) is 6.68. The van der Waals surface area contributed by atoms with Crippen LogP contribution in [0, 0.1) is 11.6 Å². The van der Waals surface area contributed by atoms with Crippen LogP contribution in [0.1, 0.15) is 10.4 Å². The van der Waals surface area contributed by atoms with Gasteiger partial charge in [0, 0.05) is 15.6 Å².